The number of halogens is 1. The van der Waals surface area contributed by atoms with Crippen LogP contribution < -0.4 is 5.32 Å². The average molecular weight is 279 g/mol. The summed E-state index contributed by atoms with van der Waals surface area (Å²) in [6.07, 6.45) is 0.0704. The molecule has 0 aliphatic carbocycles. The van der Waals surface area contributed by atoms with E-state index in [-0.39, 0.29) is 11.6 Å². The number of aliphatic hydroxyl groups excluding tert-OH is 1. The predicted molar refractivity (Wildman–Crippen MR) is 75.4 cm³/mol. The van der Waals surface area contributed by atoms with E-state index in [1.165, 1.54) is 0 Å². The second kappa shape index (κ2) is 5.99. The molecule has 100 valence electrons. The number of aliphatic hydroxyl groups is 1. The molecule has 0 aliphatic rings. The van der Waals surface area contributed by atoms with E-state index in [0.717, 1.165) is 10.8 Å². The van der Waals surface area contributed by atoms with Gasteiger partial charge in [-0.2, -0.15) is 0 Å². The molecule has 1 unspecified atom stereocenters. The molecule has 0 spiro atoms. The van der Waals surface area contributed by atoms with Gasteiger partial charge in [0, 0.05) is 11.9 Å². The van der Waals surface area contributed by atoms with Crippen LogP contribution in [0.2, 0.25) is 5.15 Å². The quantitative estimate of drug-likeness (QED) is 0.844. The third kappa shape index (κ3) is 3.43. The second-order valence-corrected chi connectivity index (χ2v) is 4.77. The lowest BCUT2D eigenvalue weighted by atomic mass is 10.1. The van der Waals surface area contributed by atoms with Crippen LogP contribution in [-0.2, 0) is 0 Å². The lowest BCUT2D eigenvalue weighted by molar-refractivity contribution is 0.0941. The number of carbonyl (C=O) groups excluding carboxylic acids is 1. The first-order valence-electron chi connectivity index (χ1n) is 6.09. The maximum Gasteiger partial charge on any atom is 0.269 e. The van der Waals surface area contributed by atoms with Crippen molar-refractivity contribution in [2.24, 2.45) is 0 Å². The van der Waals surface area contributed by atoms with Gasteiger partial charge in [0.05, 0.1) is 6.10 Å². The number of amides is 1. The van der Waals surface area contributed by atoms with Gasteiger partial charge in [-0.15, -0.1) is 0 Å². The Morgan fingerprint density at radius 1 is 1.47 bits per heavy atom. The molecule has 1 aromatic carbocycles. The molecule has 5 heteroatoms. The van der Waals surface area contributed by atoms with Crippen LogP contribution in [0.4, 0.5) is 0 Å². The fourth-order valence-electron chi connectivity index (χ4n) is 1.76. The summed E-state index contributed by atoms with van der Waals surface area (Å²) < 4.78 is 0. The number of nitrogens with zero attached hydrogens (tertiary/aromatic N) is 1. The average Bonchev–Trinajstić information content (AvgIpc) is 2.38. The SMILES string of the molecule is CC(O)CCNC(=O)c1cc2ccccc2c(Cl)n1. The maximum atomic E-state index is 11.9. The Hall–Kier alpha value is -1.65. The molecule has 1 heterocycles. The molecule has 0 fully saturated rings. The standard InChI is InChI=1S/C14H15ClN2O2/c1-9(18)6-7-16-14(19)12-8-10-4-2-3-5-11(10)13(15)17-12/h2-5,8-9,18H,6-7H2,1H3,(H,16,19). The lowest BCUT2D eigenvalue weighted by Crippen LogP contribution is -2.27. The van der Waals surface area contributed by atoms with Gasteiger partial charge < -0.3 is 10.4 Å². The highest BCUT2D eigenvalue weighted by Gasteiger charge is 2.10. The highest BCUT2D eigenvalue weighted by atomic mass is 35.5. The van der Waals surface area contributed by atoms with Crippen LogP contribution in [0, 0.1) is 0 Å². The molecule has 0 saturated carbocycles. The van der Waals surface area contributed by atoms with Gasteiger partial charge in [0.2, 0.25) is 0 Å². The summed E-state index contributed by atoms with van der Waals surface area (Å²) in [7, 11) is 0. The fraction of sp³-hybridized carbons (Fsp3) is 0.286. The summed E-state index contributed by atoms with van der Waals surface area (Å²) in [5.74, 6) is -0.284. The van der Waals surface area contributed by atoms with E-state index in [9.17, 15) is 4.79 Å². The number of fused-ring (bicyclic) bond motifs is 1. The minimum absolute atomic E-state index is 0.284. The van der Waals surface area contributed by atoms with E-state index in [0.29, 0.717) is 18.1 Å². The van der Waals surface area contributed by atoms with Crippen LogP contribution in [-0.4, -0.2) is 28.6 Å². The van der Waals surface area contributed by atoms with Crippen molar-refractivity contribution in [2.75, 3.05) is 6.54 Å². The number of carbonyl (C=O) groups is 1. The molecule has 0 aliphatic heterocycles. The maximum absolute atomic E-state index is 11.9. The molecule has 2 rings (SSSR count). The molecule has 1 aromatic heterocycles. The van der Waals surface area contributed by atoms with E-state index < -0.39 is 6.10 Å². The molecule has 0 bridgehead atoms. The Morgan fingerprint density at radius 3 is 2.95 bits per heavy atom. The Labute approximate surface area is 116 Å². The van der Waals surface area contributed by atoms with Crippen LogP contribution in [0.15, 0.2) is 30.3 Å². The van der Waals surface area contributed by atoms with Gasteiger partial charge in [-0.1, -0.05) is 35.9 Å². The van der Waals surface area contributed by atoms with Crippen LogP contribution in [0.1, 0.15) is 23.8 Å². The molecular weight excluding hydrogens is 264 g/mol. The van der Waals surface area contributed by atoms with Crippen molar-refractivity contribution >= 4 is 28.3 Å². The summed E-state index contributed by atoms with van der Waals surface area (Å²) in [5, 5.41) is 13.9. The third-order valence-electron chi connectivity index (χ3n) is 2.77. The zero-order valence-electron chi connectivity index (χ0n) is 10.6. The number of hydrogen-bond acceptors (Lipinski definition) is 3. The number of aromatic nitrogens is 1. The van der Waals surface area contributed by atoms with Crippen molar-refractivity contribution in [1.82, 2.24) is 10.3 Å². The van der Waals surface area contributed by atoms with Crippen molar-refractivity contribution in [1.29, 1.82) is 0 Å². The second-order valence-electron chi connectivity index (χ2n) is 4.41. The van der Waals surface area contributed by atoms with Crippen LogP contribution in [0.3, 0.4) is 0 Å². The van der Waals surface area contributed by atoms with Crippen LogP contribution in [0.25, 0.3) is 10.8 Å². The van der Waals surface area contributed by atoms with E-state index in [2.05, 4.69) is 10.3 Å². The van der Waals surface area contributed by atoms with Crippen LogP contribution >= 0.6 is 11.6 Å². The molecule has 4 nitrogen and oxygen atoms in total. The summed E-state index contributed by atoms with van der Waals surface area (Å²) in [4.78, 5) is 16.0. The van der Waals surface area contributed by atoms with Crippen molar-refractivity contribution in [2.45, 2.75) is 19.4 Å². The summed E-state index contributed by atoms with van der Waals surface area (Å²) in [6.45, 7) is 2.08. The zero-order chi connectivity index (χ0) is 13.8. The van der Waals surface area contributed by atoms with Gasteiger partial charge >= 0.3 is 0 Å². The first-order chi connectivity index (χ1) is 9.08. The van der Waals surface area contributed by atoms with E-state index in [4.69, 9.17) is 16.7 Å². The van der Waals surface area contributed by atoms with E-state index in [1.807, 2.05) is 24.3 Å². The molecular formula is C14H15ClN2O2. The highest BCUT2D eigenvalue weighted by Crippen LogP contribution is 2.22. The highest BCUT2D eigenvalue weighted by molar-refractivity contribution is 6.34. The number of hydrogen-bond donors (Lipinski definition) is 2. The summed E-state index contributed by atoms with van der Waals surface area (Å²) in [5.41, 5.74) is 0.286. The number of rotatable bonds is 4. The lowest BCUT2D eigenvalue weighted by Gasteiger charge is -2.08. The number of nitrogens with one attached hydrogen (secondary N) is 1. The van der Waals surface area contributed by atoms with Gasteiger partial charge in [-0.3, -0.25) is 4.79 Å². The van der Waals surface area contributed by atoms with Gasteiger partial charge in [0.1, 0.15) is 10.8 Å². The molecule has 2 aromatic rings. The van der Waals surface area contributed by atoms with Crippen LogP contribution in [0.5, 0.6) is 0 Å². The summed E-state index contributed by atoms with van der Waals surface area (Å²) >= 11 is 6.06. The molecule has 1 atom stereocenters. The third-order valence-corrected chi connectivity index (χ3v) is 3.06. The zero-order valence-corrected chi connectivity index (χ0v) is 11.3. The predicted octanol–water partition coefficient (Wildman–Crippen LogP) is 2.39. The fourth-order valence-corrected chi connectivity index (χ4v) is 2.02. The summed E-state index contributed by atoms with van der Waals surface area (Å²) in [6, 6.07) is 9.21. The molecule has 0 saturated heterocycles. The molecule has 2 N–H and O–H groups in total. The normalized spacial score (nSPS) is 12.4. The Bertz CT molecular complexity index is 599. The Kier molecular flexibility index (Phi) is 4.35. The monoisotopic (exact) mass is 278 g/mol. The van der Waals surface area contributed by atoms with E-state index in [1.54, 1.807) is 13.0 Å². The largest absolute Gasteiger partial charge is 0.393 e. The Balaban J connectivity index is 2.18. The molecule has 19 heavy (non-hydrogen) atoms. The first-order valence-corrected chi connectivity index (χ1v) is 6.47. The molecule has 1 amide bonds. The van der Waals surface area contributed by atoms with Crippen molar-refractivity contribution < 1.29 is 9.90 Å². The van der Waals surface area contributed by atoms with E-state index >= 15 is 0 Å². The number of pyridine rings is 1. The van der Waals surface area contributed by atoms with Gasteiger partial charge in [-0.25, -0.2) is 4.98 Å². The van der Waals surface area contributed by atoms with Gasteiger partial charge in [0.25, 0.3) is 5.91 Å². The van der Waals surface area contributed by atoms with Gasteiger partial charge in [0.15, 0.2) is 0 Å². The molecule has 0 radical (unpaired) electrons. The van der Waals surface area contributed by atoms with Gasteiger partial charge in [-0.05, 0) is 24.8 Å². The van der Waals surface area contributed by atoms with Crippen molar-refractivity contribution in [3.05, 3.63) is 41.2 Å². The Morgan fingerprint density at radius 2 is 2.21 bits per heavy atom. The minimum Gasteiger partial charge on any atom is -0.393 e. The number of benzene rings is 1. The van der Waals surface area contributed by atoms with Crippen molar-refractivity contribution in [3.8, 4) is 0 Å². The first kappa shape index (κ1) is 13.8. The van der Waals surface area contributed by atoms with Crippen molar-refractivity contribution in [3.63, 3.8) is 0 Å². The smallest absolute Gasteiger partial charge is 0.269 e. The minimum atomic E-state index is -0.437. The topological polar surface area (TPSA) is 62.2 Å².